The molecule has 24 heavy (non-hydrogen) atoms. The van der Waals surface area contributed by atoms with E-state index < -0.39 is 0 Å². The molecule has 1 aromatic heterocycles. The molecule has 3 aromatic rings. The molecule has 6 heteroatoms. The second-order valence-corrected chi connectivity index (χ2v) is 5.71. The molecule has 0 saturated heterocycles. The van der Waals surface area contributed by atoms with Gasteiger partial charge < -0.3 is 21.9 Å². The van der Waals surface area contributed by atoms with E-state index in [0.717, 1.165) is 27.7 Å². The Bertz CT molecular complexity index is 881. The number of methoxy groups -OCH3 is 2. The Morgan fingerprint density at radius 1 is 1.00 bits per heavy atom. The fourth-order valence-electron chi connectivity index (χ4n) is 2.79. The maximum Gasteiger partial charge on any atom is 0.254 e. The van der Waals surface area contributed by atoms with Gasteiger partial charge in [-0.05, 0) is 41.8 Å². The van der Waals surface area contributed by atoms with Gasteiger partial charge in [0.15, 0.2) is 11.5 Å². The number of pyridine rings is 1. The predicted octanol–water partition coefficient (Wildman–Crippen LogP) is 0.491. The van der Waals surface area contributed by atoms with Crippen molar-refractivity contribution in [2.75, 3.05) is 20.1 Å². The van der Waals surface area contributed by atoms with Crippen LogP contribution >= 0.6 is 11.6 Å². The van der Waals surface area contributed by atoms with Gasteiger partial charge in [0.25, 0.3) is 5.69 Å². The predicted molar refractivity (Wildman–Crippen MR) is 92.6 cm³/mol. The molecule has 0 atom stereocenters. The number of hydrogen-bond donors (Lipinski definition) is 1. The van der Waals surface area contributed by atoms with Gasteiger partial charge in [-0.2, -0.15) is 0 Å². The zero-order valence-electron chi connectivity index (χ0n) is 13.6. The summed E-state index contributed by atoms with van der Waals surface area (Å²) in [5.74, 6) is 7.65. The van der Waals surface area contributed by atoms with Crippen LogP contribution in [0.1, 0.15) is 5.69 Å². The van der Waals surface area contributed by atoms with Crippen molar-refractivity contribution in [1.29, 1.82) is 0 Å². The minimum absolute atomic E-state index is 0. The fourth-order valence-corrected chi connectivity index (χ4v) is 2.92. The molecular weight excluding hydrogens is 347 g/mol. The molecule has 0 amide bonds. The molecule has 0 aliphatic rings. The molecule has 0 radical (unpaired) electrons. The van der Waals surface area contributed by atoms with Crippen LogP contribution in [-0.2, 0) is 0 Å². The normalized spacial score (nSPS) is 10.3. The van der Waals surface area contributed by atoms with Gasteiger partial charge >= 0.3 is 0 Å². The largest absolute Gasteiger partial charge is 1.00 e. The SMILES string of the molecule is COc1ccc2cc(C)[n+](N)c(-c3ccc(Cl)cc3)c2c1OC.[Cl-]. The van der Waals surface area contributed by atoms with E-state index in [9.17, 15) is 0 Å². The van der Waals surface area contributed by atoms with Gasteiger partial charge in [-0.3, -0.25) is 0 Å². The lowest BCUT2D eigenvalue weighted by molar-refractivity contribution is -0.632. The van der Waals surface area contributed by atoms with E-state index in [1.54, 1.807) is 18.9 Å². The lowest BCUT2D eigenvalue weighted by Crippen LogP contribution is -3.00. The van der Waals surface area contributed by atoms with Crippen molar-refractivity contribution < 1.29 is 26.6 Å². The number of benzene rings is 2. The van der Waals surface area contributed by atoms with Crippen molar-refractivity contribution in [3.63, 3.8) is 0 Å². The summed E-state index contributed by atoms with van der Waals surface area (Å²) in [4.78, 5) is 0. The Kier molecular flexibility index (Phi) is 5.42. The number of aromatic nitrogens is 1. The van der Waals surface area contributed by atoms with Crippen LogP contribution in [-0.4, -0.2) is 14.2 Å². The third kappa shape index (κ3) is 2.95. The number of rotatable bonds is 3. The van der Waals surface area contributed by atoms with Gasteiger partial charge in [0, 0.05) is 23.6 Å². The first-order valence-electron chi connectivity index (χ1n) is 7.18. The van der Waals surface area contributed by atoms with E-state index in [2.05, 4.69) is 0 Å². The number of nitrogens with two attached hydrogens (primary N) is 1. The van der Waals surface area contributed by atoms with Crippen LogP contribution in [0.25, 0.3) is 22.0 Å². The molecule has 0 saturated carbocycles. The molecule has 126 valence electrons. The van der Waals surface area contributed by atoms with Crippen molar-refractivity contribution in [3.8, 4) is 22.8 Å². The molecular formula is C18H18Cl2N2O2. The minimum Gasteiger partial charge on any atom is -1.00 e. The number of fused-ring (bicyclic) bond motifs is 1. The molecule has 0 aliphatic carbocycles. The van der Waals surface area contributed by atoms with Crippen LogP contribution in [0.15, 0.2) is 42.5 Å². The Morgan fingerprint density at radius 2 is 1.67 bits per heavy atom. The summed E-state index contributed by atoms with van der Waals surface area (Å²) in [5, 5.41) is 2.62. The molecule has 0 aliphatic heterocycles. The van der Waals surface area contributed by atoms with Gasteiger partial charge in [0.1, 0.15) is 5.39 Å². The maximum absolute atomic E-state index is 6.32. The topological polar surface area (TPSA) is 48.4 Å². The highest BCUT2D eigenvalue weighted by atomic mass is 35.5. The molecule has 2 aromatic carbocycles. The van der Waals surface area contributed by atoms with Gasteiger partial charge in [-0.1, -0.05) is 16.3 Å². The Hall–Kier alpha value is -2.17. The van der Waals surface area contributed by atoms with Crippen molar-refractivity contribution in [2.24, 2.45) is 0 Å². The van der Waals surface area contributed by atoms with Crippen molar-refractivity contribution in [3.05, 3.63) is 53.2 Å². The zero-order chi connectivity index (χ0) is 16.6. The highest BCUT2D eigenvalue weighted by Gasteiger charge is 2.24. The summed E-state index contributed by atoms with van der Waals surface area (Å²) in [5.41, 5.74) is 2.75. The number of hydrogen-bond acceptors (Lipinski definition) is 3. The first-order chi connectivity index (χ1) is 11.1. The minimum atomic E-state index is 0. The van der Waals surface area contributed by atoms with E-state index in [1.165, 1.54) is 0 Å². The van der Waals surface area contributed by atoms with Gasteiger partial charge in [0.05, 0.1) is 14.2 Å². The standard InChI is InChI=1S/C18H18ClN2O2.ClH/c1-11-10-13-6-9-15(22-2)18(23-3)16(13)17(21(11)20)12-4-7-14(19)8-5-12;/h4-10H,20H2,1-3H3;1H/q+1;/p-1. The maximum atomic E-state index is 6.32. The molecule has 0 spiro atoms. The second-order valence-electron chi connectivity index (χ2n) is 5.28. The molecule has 4 nitrogen and oxygen atoms in total. The highest BCUT2D eigenvalue weighted by Crippen LogP contribution is 2.39. The molecule has 2 N–H and O–H groups in total. The summed E-state index contributed by atoms with van der Waals surface area (Å²) < 4.78 is 12.7. The average molecular weight is 365 g/mol. The summed E-state index contributed by atoms with van der Waals surface area (Å²) in [6, 6.07) is 13.5. The first kappa shape index (κ1) is 18.2. The smallest absolute Gasteiger partial charge is 0.254 e. The lowest BCUT2D eigenvalue weighted by atomic mass is 10.0. The van der Waals surface area contributed by atoms with Crippen LogP contribution in [0, 0.1) is 6.92 Å². The van der Waals surface area contributed by atoms with Gasteiger partial charge in [-0.15, -0.1) is 0 Å². The molecule has 1 heterocycles. The number of halogens is 2. The number of ether oxygens (including phenoxy) is 2. The Balaban J connectivity index is 0.00000208. The third-order valence-electron chi connectivity index (χ3n) is 3.92. The fraction of sp³-hybridized carbons (Fsp3) is 0.167. The van der Waals surface area contributed by atoms with Crippen LogP contribution in [0.5, 0.6) is 11.5 Å². The molecule has 0 fully saturated rings. The first-order valence-corrected chi connectivity index (χ1v) is 7.56. The van der Waals surface area contributed by atoms with E-state index in [4.69, 9.17) is 26.9 Å². The van der Waals surface area contributed by atoms with E-state index in [0.29, 0.717) is 16.5 Å². The third-order valence-corrected chi connectivity index (χ3v) is 4.17. The van der Waals surface area contributed by atoms with E-state index >= 15 is 0 Å². The molecule has 0 bridgehead atoms. The van der Waals surface area contributed by atoms with Crippen LogP contribution in [0.3, 0.4) is 0 Å². The van der Waals surface area contributed by atoms with E-state index in [1.807, 2.05) is 49.4 Å². The summed E-state index contributed by atoms with van der Waals surface area (Å²) in [6.07, 6.45) is 0. The monoisotopic (exact) mass is 364 g/mol. The number of nitrogens with zero attached hydrogens (tertiary/aromatic N) is 1. The zero-order valence-corrected chi connectivity index (χ0v) is 15.2. The lowest BCUT2D eigenvalue weighted by Gasteiger charge is -2.13. The molecule has 0 unspecified atom stereocenters. The van der Waals surface area contributed by atoms with Crippen molar-refractivity contribution >= 4 is 22.4 Å². The average Bonchev–Trinajstić information content (AvgIpc) is 2.56. The van der Waals surface area contributed by atoms with Crippen molar-refractivity contribution in [2.45, 2.75) is 6.92 Å². The summed E-state index contributed by atoms with van der Waals surface area (Å²) in [6.45, 7) is 1.97. The van der Waals surface area contributed by atoms with Crippen molar-refractivity contribution in [1.82, 2.24) is 0 Å². The summed E-state index contributed by atoms with van der Waals surface area (Å²) >= 11 is 6.01. The quantitative estimate of drug-likeness (QED) is 0.543. The molecule has 3 rings (SSSR count). The van der Waals surface area contributed by atoms with Gasteiger partial charge in [-0.25, -0.2) is 5.84 Å². The van der Waals surface area contributed by atoms with Crippen LogP contribution < -0.4 is 32.4 Å². The summed E-state index contributed by atoms with van der Waals surface area (Å²) in [7, 11) is 3.25. The van der Waals surface area contributed by atoms with E-state index in [-0.39, 0.29) is 12.4 Å². The second kappa shape index (κ2) is 7.16. The van der Waals surface area contributed by atoms with Crippen LogP contribution in [0.2, 0.25) is 5.02 Å². The highest BCUT2D eigenvalue weighted by molar-refractivity contribution is 6.30. The number of aryl methyl sites for hydroxylation is 1. The Morgan fingerprint density at radius 3 is 2.25 bits per heavy atom. The Labute approximate surface area is 152 Å². The van der Waals surface area contributed by atoms with Gasteiger partial charge in [0.2, 0.25) is 5.69 Å². The van der Waals surface area contributed by atoms with Crippen LogP contribution in [0.4, 0.5) is 0 Å². The number of nitrogen functional groups attached to an aromatic ring is 1.